The zero-order chi connectivity index (χ0) is 22.9. The summed E-state index contributed by atoms with van der Waals surface area (Å²) in [5.74, 6) is -0.925. The molecule has 0 saturated carbocycles. The van der Waals surface area contributed by atoms with Crippen LogP contribution in [0.1, 0.15) is 28.8 Å². The van der Waals surface area contributed by atoms with Gasteiger partial charge >= 0.3 is 12.1 Å². The van der Waals surface area contributed by atoms with Crippen molar-refractivity contribution in [3.63, 3.8) is 0 Å². The molecule has 0 aromatic heterocycles. The van der Waals surface area contributed by atoms with Gasteiger partial charge in [0.15, 0.2) is 0 Å². The van der Waals surface area contributed by atoms with Crippen LogP contribution >= 0.6 is 0 Å². The Kier molecular flexibility index (Phi) is 5.73. The third-order valence-corrected chi connectivity index (χ3v) is 6.24. The molecule has 168 valence electrons. The van der Waals surface area contributed by atoms with Crippen LogP contribution in [0.15, 0.2) is 48.5 Å². The standard InChI is InChI=1S/C23H24FN3O5/c1-32-20(28)17-4-2-3-16(13-17)14-26-15-27(19-7-5-18(24)6-8-19)23(21(26)29)9-11-25(12-10-23)22(30)31/h2-8,13H,9-12,14-15H2,1H3,(H,30,31). The number of rotatable bonds is 4. The minimum atomic E-state index is -1.00. The molecule has 0 aliphatic carbocycles. The molecule has 32 heavy (non-hydrogen) atoms. The highest BCUT2D eigenvalue weighted by atomic mass is 19.1. The molecule has 2 aliphatic rings. The van der Waals surface area contributed by atoms with Crippen LogP contribution in [0.4, 0.5) is 14.9 Å². The monoisotopic (exact) mass is 441 g/mol. The molecule has 4 rings (SSSR count). The molecule has 0 bridgehead atoms. The number of carbonyl (C=O) groups is 3. The van der Waals surface area contributed by atoms with Gasteiger partial charge in [-0.1, -0.05) is 12.1 Å². The first kappa shape index (κ1) is 21.6. The summed E-state index contributed by atoms with van der Waals surface area (Å²) in [7, 11) is 1.31. The summed E-state index contributed by atoms with van der Waals surface area (Å²) in [6.45, 7) is 1.04. The number of anilines is 1. The van der Waals surface area contributed by atoms with Crippen LogP contribution in [-0.2, 0) is 16.1 Å². The van der Waals surface area contributed by atoms with Gasteiger partial charge in [0, 0.05) is 25.3 Å². The van der Waals surface area contributed by atoms with E-state index in [2.05, 4.69) is 0 Å². The third-order valence-electron chi connectivity index (χ3n) is 6.24. The summed E-state index contributed by atoms with van der Waals surface area (Å²) in [4.78, 5) is 41.8. The number of nitrogens with zero attached hydrogens (tertiary/aromatic N) is 3. The Hall–Kier alpha value is -3.62. The number of piperidine rings is 1. The van der Waals surface area contributed by atoms with Gasteiger partial charge in [0.2, 0.25) is 5.91 Å². The second kappa shape index (κ2) is 8.49. The Morgan fingerprint density at radius 1 is 1.12 bits per heavy atom. The lowest BCUT2D eigenvalue weighted by atomic mass is 9.85. The number of carbonyl (C=O) groups excluding carboxylic acids is 2. The molecule has 2 heterocycles. The van der Waals surface area contributed by atoms with Gasteiger partial charge in [-0.3, -0.25) is 4.79 Å². The van der Waals surface area contributed by atoms with E-state index in [0.717, 1.165) is 5.56 Å². The molecule has 0 radical (unpaired) electrons. The largest absolute Gasteiger partial charge is 0.465 e. The lowest BCUT2D eigenvalue weighted by molar-refractivity contribution is -0.134. The van der Waals surface area contributed by atoms with Gasteiger partial charge in [-0.05, 0) is 54.8 Å². The third kappa shape index (κ3) is 3.86. The number of amides is 2. The average molecular weight is 441 g/mol. The van der Waals surface area contributed by atoms with Crippen LogP contribution in [0.3, 0.4) is 0 Å². The average Bonchev–Trinajstić information content (AvgIpc) is 3.05. The fourth-order valence-corrected chi connectivity index (χ4v) is 4.54. The maximum Gasteiger partial charge on any atom is 0.407 e. The minimum absolute atomic E-state index is 0.102. The molecule has 2 aromatic carbocycles. The summed E-state index contributed by atoms with van der Waals surface area (Å²) in [6.07, 6.45) is -0.322. The van der Waals surface area contributed by atoms with Crippen molar-refractivity contribution >= 4 is 23.7 Å². The molecule has 1 N–H and O–H groups in total. The fraction of sp³-hybridized carbons (Fsp3) is 0.348. The Morgan fingerprint density at radius 2 is 1.81 bits per heavy atom. The number of methoxy groups -OCH3 is 1. The van der Waals surface area contributed by atoms with E-state index >= 15 is 0 Å². The molecule has 8 nitrogen and oxygen atoms in total. The molecule has 0 atom stereocenters. The number of carboxylic acid groups (broad SMARTS) is 1. The Labute approximate surface area is 184 Å². The summed E-state index contributed by atoms with van der Waals surface area (Å²) < 4.78 is 18.3. The molecule has 2 fully saturated rings. The Bertz CT molecular complexity index is 1030. The minimum Gasteiger partial charge on any atom is -0.465 e. The van der Waals surface area contributed by atoms with Gasteiger partial charge in [-0.2, -0.15) is 0 Å². The first-order valence-electron chi connectivity index (χ1n) is 10.3. The van der Waals surface area contributed by atoms with E-state index < -0.39 is 17.6 Å². The van der Waals surface area contributed by atoms with Crippen molar-refractivity contribution in [2.75, 3.05) is 31.8 Å². The van der Waals surface area contributed by atoms with E-state index in [4.69, 9.17) is 4.74 Å². The van der Waals surface area contributed by atoms with E-state index in [1.54, 1.807) is 35.2 Å². The van der Waals surface area contributed by atoms with Crippen LogP contribution in [0.25, 0.3) is 0 Å². The van der Waals surface area contributed by atoms with Crippen LogP contribution in [0, 0.1) is 5.82 Å². The molecule has 9 heteroatoms. The predicted molar refractivity (Wildman–Crippen MR) is 114 cm³/mol. The van der Waals surface area contributed by atoms with Gasteiger partial charge < -0.3 is 24.5 Å². The zero-order valence-electron chi connectivity index (χ0n) is 17.7. The van der Waals surface area contributed by atoms with E-state index in [1.807, 2.05) is 11.0 Å². The molecule has 1 spiro atoms. The highest BCUT2D eigenvalue weighted by Gasteiger charge is 2.54. The molecule has 2 aliphatic heterocycles. The normalized spacial score (nSPS) is 17.7. The van der Waals surface area contributed by atoms with Gasteiger partial charge in [0.1, 0.15) is 11.4 Å². The highest BCUT2D eigenvalue weighted by Crippen LogP contribution is 2.40. The van der Waals surface area contributed by atoms with Crippen LogP contribution in [0.5, 0.6) is 0 Å². The van der Waals surface area contributed by atoms with Crippen molar-refractivity contribution in [1.29, 1.82) is 0 Å². The first-order valence-corrected chi connectivity index (χ1v) is 10.3. The number of benzene rings is 2. The maximum absolute atomic E-state index is 13.6. The van der Waals surface area contributed by atoms with Crippen LogP contribution in [0.2, 0.25) is 0 Å². The quantitative estimate of drug-likeness (QED) is 0.734. The van der Waals surface area contributed by atoms with Crippen LogP contribution < -0.4 is 4.90 Å². The highest BCUT2D eigenvalue weighted by molar-refractivity contribution is 5.94. The second-order valence-electron chi connectivity index (χ2n) is 8.04. The molecule has 0 unspecified atom stereocenters. The number of hydrogen-bond donors (Lipinski definition) is 1. The first-order chi connectivity index (χ1) is 15.3. The predicted octanol–water partition coefficient (Wildman–Crippen LogP) is 2.93. The summed E-state index contributed by atoms with van der Waals surface area (Å²) in [6, 6.07) is 12.9. The Morgan fingerprint density at radius 3 is 2.44 bits per heavy atom. The van der Waals surface area contributed by atoms with E-state index in [9.17, 15) is 23.9 Å². The molecule has 2 saturated heterocycles. The number of halogens is 1. The molecular weight excluding hydrogens is 417 g/mol. The molecular formula is C23H24FN3O5. The SMILES string of the molecule is COC(=O)c1cccc(CN2CN(c3ccc(F)cc3)C3(CCN(C(=O)O)CC3)C2=O)c1. The van der Waals surface area contributed by atoms with Crippen LogP contribution in [-0.4, -0.2) is 65.3 Å². The fourth-order valence-electron chi connectivity index (χ4n) is 4.54. The van der Waals surface area contributed by atoms with Gasteiger partial charge in [0.25, 0.3) is 0 Å². The maximum atomic E-state index is 13.6. The topological polar surface area (TPSA) is 90.4 Å². The molecule has 2 amide bonds. The lowest BCUT2D eigenvalue weighted by Crippen LogP contribution is -2.57. The van der Waals surface area contributed by atoms with E-state index in [1.165, 1.54) is 24.1 Å². The van der Waals surface area contributed by atoms with Gasteiger partial charge in [0.05, 0.1) is 19.3 Å². The second-order valence-corrected chi connectivity index (χ2v) is 8.04. The lowest BCUT2D eigenvalue weighted by Gasteiger charge is -2.42. The number of esters is 1. The number of likely N-dealkylation sites (tertiary alicyclic amines) is 1. The smallest absolute Gasteiger partial charge is 0.407 e. The zero-order valence-corrected chi connectivity index (χ0v) is 17.7. The van der Waals surface area contributed by atoms with Gasteiger partial charge in [-0.25, -0.2) is 14.0 Å². The van der Waals surface area contributed by atoms with Crippen molar-refractivity contribution in [2.24, 2.45) is 0 Å². The summed E-state index contributed by atoms with van der Waals surface area (Å²) in [5.41, 5.74) is 0.982. The number of ether oxygens (including phenoxy) is 1. The van der Waals surface area contributed by atoms with Crippen molar-refractivity contribution in [3.05, 3.63) is 65.5 Å². The summed E-state index contributed by atoms with van der Waals surface area (Å²) >= 11 is 0. The molecule has 2 aromatic rings. The van der Waals surface area contributed by atoms with Gasteiger partial charge in [-0.15, -0.1) is 0 Å². The van der Waals surface area contributed by atoms with Crippen molar-refractivity contribution < 1.29 is 28.6 Å². The van der Waals surface area contributed by atoms with E-state index in [0.29, 0.717) is 24.1 Å². The Balaban J connectivity index is 1.63. The van der Waals surface area contributed by atoms with E-state index in [-0.39, 0.29) is 38.0 Å². The summed E-state index contributed by atoms with van der Waals surface area (Å²) in [5, 5.41) is 9.32. The van der Waals surface area contributed by atoms with Crippen molar-refractivity contribution in [3.8, 4) is 0 Å². The number of hydrogen-bond acceptors (Lipinski definition) is 5. The van der Waals surface area contributed by atoms with Crippen molar-refractivity contribution in [2.45, 2.75) is 24.9 Å². The van der Waals surface area contributed by atoms with Crippen molar-refractivity contribution in [1.82, 2.24) is 9.80 Å².